The molecule has 0 saturated carbocycles. The van der Waals surface area contributed by atoms with Gasteiger partial charge in [-0.2, -0.15) is 0 Å². The summed E-state index contributed by atoms with van der Waals surface area (Å²) >= 11 is 0. The van der Waals surface area contributed by atoms with Crippen molar-refractivity contribution in [1.29, 1.82) is 0 Å². The molecule has 44 heavy (non-hydrogen) atoms. The Labute approximate surface area is 259 Å². The van der Waals surface area contributed by atoms with Crippen LogP contribution in [-0.2, 0) is 17.9 Å². The zero-order chi connectivity index (χ0) is 30.0. The van der Waals surface area contributed by atoms with E-state index in [0.717, 1.165) is 0 Å². The van der Waals surface area contributed by atoms with Crippen molar-refractivity contribution >= 4 is 21.8 Å². The second kappa shape index (κ2) is 8.61. The van der Waals surface area contributed by atoms with Crippen LogP contribution < -0.4 is 0 Å². The summed E-state index contributed by atoms with van der Waals surface area (Å²) < 4.78 is 2.34. The van der Waals surface area contributed by atoms with Crippen LogP contribution >= 0.6 is 0 Å². The Kier molecular flexibility index (Phi) is 5.01. The number of aromatic nitrogens is 1. The van der Waals surface area contributed by atoms with E-state index in [9.17, 15) is 0 Å². The van der Waals surface area contributed by atoms with Gasteiger partial charge in [0.05, 0.1) is 0 Å². The maximum absolute atomic E-state index is 2.43. The van der Waals surface area contributed by atoms with E-state index < -0.39 is 0 Å². The normalized spacial score (nSPS) is 15.3. The lowest BCUT2D eigenvalue weighted by Crippen LogP contribution is -2.14. The molecule has 1 heterocycles. The van der Waals surface area contributed by atoms with Crippen molar-refractivity contribution in [3.63, 3.8) is 0 Å². The fourth-order valence-corrected chi connectivity index (χ4v) is 8.35. The summed E-state index contributed by atoms with van der Waals surface area (Å²) in [7, 11) is 2.19. The molecule has 0 bridgehead atoms. The monoisotopic (exact) mass is 565 g/mol. The molecular weight excluding hydrogens is 530 g/mol. The molecule has 7 aromatic rings. The largest absolute Gasteiger partial charge is 0.344 e. The molecule has 212 valence electrons. The van der Waals surface area contributed by atoms with Crippen LogP contribution in [0.25, 0.3) is 66.3 Å². The minimum Gasteiger partial charge on any atom is -0.344 e. The molecule has 0 aliphatic heterocycles. The van der Waals surface area contributed by atoms with Crippen molar-refractivity contribution in [2.45, 2.75) is 38.5 Å². The Morgan fingerprint density at radius 3 is 1.20 bits per heavy atom. The highest BCUT2D eigenvalue weighted by Gasteiger charge is 2.36. The molecule has 0 spiro atoms. The number of fused-ring (bicyclic) bond motifs is 9. The van der Waals surface area contributed by atoms with E-state index in [1.165, 1.54) is 88.6 Å². The summed E-state index contributed by atoms with van der Waals surface area (Å²) in [5.41, 5.74) is 18.7. The standard InChI is InChI=1S/C43H35N/c1-42(2)36-12-8-6-10-30(36)32-18-14-28(24-38(32)42)26-16-20-40-34(22-26)35-23-27(17-21-41(35)44(40)5)29-15-19-33-31-11-7-9-13-37(31)43(3,4)39(33)25-29/h6-25H,1-5H3. The van der Waals surface area contributed by atoms with E-state index in [2.05, 4.69) is 161 Å². The van der Waals surface area contributed by atoms with Crippen LogP contribution in [0.15, 0.2) is 121 Å². The molecule has 1 heteroatoms. The van der Waals surface area contributed by atoms with Crippen molar-refractivity contribution in [2.24, 2.45) is 7.05 Å². The molecule has 2 aliphatic rings. The molecule has 0 fully saturated rings. The fourth-order valence-electron chi connectivity index (χ4n) is 8.35. The highest BCUT2D eigenvalue weighted by molar-refractivity contribution is 6.10. The van der Waals surface area contributed by atoms with E-state index in [1.807, 2.05) is 0 Å². The highest BCUT2D eigenvalue weighted by atomic mass is 14.9. The molecule has 6 aromatic carbocycles. The smallest absolute Gasteiger partial charge is 0.0489 e. The minimum atomic E-state index is -0.00776. The summed E-state index contributed by atoms with van der Waals surface area (Å²) in [4.78, 5) is 0. The Morgan fingerprint density at radius 1 is 0.386 bits per heavy atom. The third kappa shape index (κ3) is 3.30. The van der Waals surface area contributed by atoms with Gasteiger partial charge in [0.1, 0.15) is 0 Å². The first-order chi connectivity index (χ1) is 21.2. The zero-order valence-electron chi connectivity index (χ0n) is 26.0. The van der Waals surface area contributed by atoms with Crippen LogP contribution in [0.4, 0.5) is 0 Å². The molecule has 0 radical (unpaired) electrons. The van der Waals surface area contributed by atoms with Crippen LogP contribution in [-0.4, -0.2) is 4.57 Å². The lowest BCUT2D eigenvalue weighted by molar-refractivity contribution is 0.660. The SMILES string of the molecule is Cn1c2ccc(-c3ccc4c(c3)C(C)(C)c3ccccc3-4)cc2c2cc(-c3ccc4c(c3)C(C)(C)c3ccccc3-4)ccc21. The van der Waals surface area contributed by atoms with Gasteiger partial charge < -0.3 is 4.57 Å². The predicted molar refractivity (Wildman–Crippen MR) is 186 cm³/mol. The Balaban J connectivity index is 1.17. The number of nitrogens with zero attached hydrogens (tertiary/aromatic N) is 1. The first-order valence-corrected chi connectivity index (χ1v) is 15.8. The molecule has 2 aliphatic carbocycles. The predicted octanol–water partition coefficient (Wildman–Crippen LogP) is 11.3. The molecule has 1 aromatic heterocycles. The van der Waals surface area contributed by atoms with Gasteiger partial charge in [0.2, 0.25) is 0 Å². The summed E-state index contributed by atoms with van der Waals surface area (Å²) in [5, 5.41) is 2.61. The van der Waals surface area contributed by atoms with Gasteiger partial charge in [0.15, 0.2) is 0 Å². The van der Waals surface area contributed by atoms with Gasteiger partial charge in [0, 0.05) is 39.7 Å². The fraction of sp³-hybridized carbons (Fsp3) is 0.163. The van der Waals surface area contributed by atoms with E-state index >= 15 is 0 Å². The Bertz CT molecular complexity index is 2180. The second-order valence-corrected chi connectivity index (χ2v) is 13.9. The number of rotatable bonds is 2. The molecule has 0 amide bonds. The van der Waals surface area contributed by atoms with Gasteiger partial charge in [-0.3, -0.25) is 0 Å². The quantitative estimate of drug-likeness (QED) is 0.196. The maximum Gasteiger partial charge on any atom is 0.0489 e. The number of hydrogen-bond acceptors (Lipinski definition) is 0. The topological polar surface area (TPSA) is 4.93 Å². The third-order valence-corrected chi connectivity index (χ3v) is 10.8. The molecule has 0 unspecified atom stereocenters. The average molecular weight is 566 g/mol. The van der Waals surface area contributed by atoms with Crippen LogP contribution in [0.2, 0.25) is 0 Å². The molecule has 0 saturated heterocycles. The summed E-state index contributed by atoms with van der Waals surface area (Å²) in [6, 6.07) is 45.9. The van der Waals surface area contributed by atoms with Crippen molar-refractivity contribution < 1.29 is 0 Å². The number of aryl methyl sites for hydroxylation is 1. The number of hydrogen-bond donors (Lipinski definition) is 0. The van der Waals surface area contributed by atoms with Crippen molar-refractivity contribution in [2.75, 3.05) is 0 Å². The van der Waals surface area contributed by atoms with E-state index in [4.69, 9.17) is 0 Å². The lowest BCUT2D eigenvalue weighted by atomic mass is 9.81. The Morgan fingerprint density at radius 2 is 0.750 bits per heavy atom. The van der Waals surface area contributed by atoms with Gasteiger partial charge in [-0.1, -0.05) is 113 Å². The van der Waals surface area contributed by atoms with E-state index in [1.54, 1.807) is 0 Å². The van der Waals surface area contributed by atoms with Gasteiger partial charge in [-0.25, -0.2) is 0 Å². The molecule has 1 nitrogen and oxygen atoms in total. The van der Waals surface area contributed by atoms with Crippen molar-refractivity contribution in [3.05, 3.63) is 144 Å². The van der Waals surface area contributed by atoms with Crippen LogP contribution in [0.5, 0.6) is 0 Å². The molecular formula is C43H35N. The first kappa shape index (κ1) is 25.6. The summed E-state index contributed by atoms with van der Waals surface area (Å²) in [5.74, 6) is 0. The molecule has 0 atom stereocenters. The van der Waals surface area contributed by atoms with Gasteiger partial charge in [0.25, 0.3) is 0 Å². The van der Waals surface area contributed by atoms with Gasteiger partial charge in [-0.05, 0) is 103 Å². The van der Waals surface area contributed by atoms with Gasteiger partial charge in [-0.15, -0.1) is 0 Å². The van der Waals surface area contributed by atoms with Crippen molar-refractivity contribution in [1.82, 2.24) is 4.57 Å². The molecule has 0 N–H and O–H groups in total. The van der Waals surface area contributed by atoms with Crippen LogP contribution in [0, 0.1) is 0 Å². The summed E-state index contributed by atoms with van der Waals surface area (Å²) in [6.07, 6.45) is 0. The highest BCUT2D eigenvalue weighted by Crippen LogP contribution is 2.51. The van der Waals surface area contributed by atoms with Crippen molar-refractivity contribution in [3.8, 4) is 44.5 Å². The third-order valence-electron chi connectivity index (χ3n) is 10.8. The van der Waals surface area contributed by atoms with Crippen LogP contribution in [0.1, 0.15) is 49.9 Å². The minimum absolute atomic E-state index is 0.00776. The average Bonchev–Trinajstić information content (AvgIpc) is 3.56. The van der Waals surface area contributed by atoms with Gasteiger partial charge >= 0.3 is 0 Å². The van der Waals surface area contributed by atoms with E-state index in [0.29, 0.717) is 0 Å². The maximum atomic E-state index is 2.43. The van der Waals surface area contributed by atoms with E-state index in [-0.39, 0.29) is 10.8 Å². The first-order valence-electron chi connectivity index (χ1n) is 15.8. The van der Waals surface area contributed by atoms with Crippen LogP contribution in [0.3, 0.4) is 0 Å². The zero-order valence-corrected chi connectivity index (χ0v) is 26.0. The number of benzene rings is 6. The second-order valence-electron chi connectivity index (χ2n) is 13.9. The molecule has 9 rings (SSSR count). The Hall–Kier alpha value is -4.88. The summed E-state index contributed by atoms with van der Waals surface area (Å²) in [6.45, 7) is 9.43. The lowest BCUT2D eigenvalue weighted by Gasteiger charge is -2.22.